The summed E-state index contributed by atoms with van der Waals surface area (Å²) < 4.78 is 4.65. The minimum Gasteiger partial charge on any atom is -0.469 e. The number of Topliss-reactive ketones (excluding diaryl/α,β-unsaturated/α-hetero) is 1. The van der Waals surface area contributed by atoms with Crippen LogP contribution in [-0.4, -0.2) is 18.9 Å². The number of esters is 1. The van der Waals surface area contributed by atoms with E-state index >= 15 is 0 Å². The summed E-state index contributed by atoms with van der Waals surface area (Å²) in [7, 11) is 1.37. The molecule has 15 heavy (non-hydrogen) atoms. The molecule has 0 aliphatic carbocycles. The van der Waals surface area contributed by atoms with Crippen LogP contribution in [0.15, 0.2) is 0 Å². The number of ketones is 1. The fourth-order valence-corrected chi connectivity index (χ4v) is 1.19. The van der Waals surface area contributed by atoms with Gasteiger partial charge >= 0.3 is 5.97 Å². The molecule has 88 valence electrons. The highest BCUT2D eigenvalue weighted by molar-refractivity contribution is 5.84. The normalized spacial score (nSPS) is 15.6. The van der Waals surface area contributed by atoms with E-state index in [-0.39, 0.29) is 29.0 Å². The van der Waals surface area contributed by atoms with Crippen LogP contribution in [-0.2, 0) is 14.3 Å². The van der Waals surface area contributed by atoms with Gasteiger partial charge in [0.25, 0.3) is 0 Å². The van der Waals surface area contributed by atoms with E-state index in [1.165, 1.54) is 7.11 Å². The summed E-state index contributed by atoms with van der Waals surface area (Å²) in [5.74, 6) is -0.250. The molecule has 0 heterocycles. The Balaban J connectivity index is 4.31. The van der Waals surface area contributed by atoms with Crippen molar-refractivity contribution in [2.75, 3.05) is 7.11 Å². The van der Waals surface area contributed by atoms with E-state index < -0.39 is 0 Å². The lowest BCUT2D eigenvalue weighted by Gasteiger charge is -2.22. The van der Waals surface area contributed by atoms with Gasteiger partial charge in [-0.25, -0.2) is 0 Å². The van der Waals surface area contributed by atoms with Crippen LogP contribution in [0.3, 0.4) is 0 Å². The van der Waals surface area contributed by atoms with Crippen LogP contribution in [0, 0.1) is 17.3 Å². The molecule has 0 aliphatic rings. The molecule has 0 saturated carbocycles. The van der Waals surface area contributed by atoms with Crippen molar-refractivity contribution in [3.63, 3.8) is 0 Å². The van der Waals surface area contributed by atoms with Gasteiger partial charge in [0.2, 0.25) is 0 Å². The third kappa shape index (κ3) is 4.45. The Bertz CT molecular complexity index is 238. The fourth-order valence-electron chi connectivity index (χ4n) is 1.19. The van der Waals surface area contributed by atoms with Gasteiger partial charge in [-0.2, -0.15) is 0 Å². The molecule has 0 rings (SSSR count). The molecule has 2 atom stereocenters. The van der Waals surface area contributed by atoms with Crippen LogP contribution in [0.2, 0.25) is 0 Å². The monoisotopic (exact) mass is 214 g/mol. The van der Waals surface area contributed by atoms with Crippen molar-refractivity contribution < 1.29 is 14.3 Å². The molecule has 0 radical (unpaired) electrons. The van der Waals surface area contributed by atoms with Crippen molar-refractivity contribution in [3.8, 4) is 0 Å². The lowest BCUT2D eigenvalue weighted by molar-refractivity contribution is -0.146. The minimum atomic E-state index is -0.329. The van der Waals surface area contributed by atoms with Crippen molar-refractivity contribution in [2.45, 2.75) is 41.0 Å². The minimum absolute atomic E-state index is 0.0316. The zero-order valence-electron chi connectivity index (χ0n) is 10.6. The van der Waals surface area contributed by atoms with Crippen LogP contribution in [0.5, 0.6) is 0 Å². The zero-order valence-corrected chi connectivity index (χ0v) is 10.6. The standard InChI is InChI=1S/C12H22O3/c1-8(9(2)11(14)15-6)7-10(13)12(3,4)5/h8-9H,7H2,1-6H3. The van der Waals surface area contributed by atoms with Gasteiger partial charge in [0.1, 0.15) is 5.78 Å². The third-order valence-electron chi connectivity index (χ3n) is 2.77. The average molecular weight is 214 g/mol. The Kier molecular flexibility index (Phi) is 4.98. The molecule has 0 aromatic heterocycles. The van der Waals surface area contributed by atoms with E-state index in [1.807, 2.05) is 27.7 Å². The van der Waals surface area contributed by atoms with E-state index in [2.05, 4.69) is 4.74 Å². The van der Waals surface area contributed by atoms with Crippen molar-refractivity contribution in [3.05, 3.63) is 0 Å². The molecule has 3 nitrogen and oxygen atoms in total. The highest BCUT2D eigenvalue weighted by Crippen LogP contribution is 2.24. The van der Waals surface area contributed by atoms with E-state index in [1.54, 1.807) is 6.92 Å². The predicted octanol–water partition coefficient (Wildman–Crippen LogP) is 2.44. The molecule has 0 spiro atoms. The summed E-state index contributed by atoms with van der Waals surface area (Å²) >= 11 is 0. The third-order valence-corrected chi connectivity index (χ3v) is 2.77. The average Bonchev–Trinajstić information content (AvgIpc) is 2.13. The summed E-state index contributed by atoms with van der Waals surface area (Å²) in [4.78, 5) is 23.0. The highest BCUT2D eigenvalue weighted by atomic mass is 16.5. The number of carbonyl (C=O) groups is 2. The molecular weight excluding hydrogens is 192 g/mol. The zero-order chi connectivity index (χ0) is 12.2. The Labute approximate surface area is 92.2 Å². The van der Waals surface area contributed by atoms with Gasteiger partial charge in [-0.05, 0) is 5.92 Å². The largest absolute Gasteiger partial charge is 0.469 e. The van der Waals surface area contributed by atoms with Crippen molar-refractivity contribution in [2.24, 2.45) is 17.3 Å². The predicted molar refractivity (Wildman–Crippen MR) is 59.4 cm³/mol. The van der Waals surface area contributed by atoms with Gasteiger partial charge in [-0.15, -0.1) is 0 Å². The Morgan fingerprint density at radius 3 is 2.00 bits per heavy atom. The molecule has 0 fully saturated rings. The molecule has 0 saturated heterocycles. The van der Waals surface area contributed by atoms with Gasteiger partial charge in [0, 0.05) is 11.8 Å². The van der Waals surface area contributed by atoms with Crippen LogP contribution in [0.4, 0.5) is 0 Å². The van der Waals surface area contributed by atoms with Gasteiger partial charge < -0.3 is 4.74 Å². The fraction of sp³-hybridized carbons (Fsp3) is 0.833. The molecule has 3 heteroatoms. The van der Waals surface area contributed by atoms with Crippen molar-refractivity contribution in [1.82, 2.24) is 0 Å². The number of carbonyl (C=O) groups excluding carboxylic acids is 2. The number of hydrogen-bond acceptors (Lipinski definition) is 3. The lowest BCUT2D eigenvalue weighted by atomic mass is 9.82. The molecule has 0 aromatic carbocycles. The first kappa shape index (κ1) is 14.1. The van der Waals surface area contributed by atoms with E-state index in [0.717, 1.165) is 0 Å². The smallest absolute Gasteiger partial charge is 0.308 e. The van der Waals surface area contributed by atoms with E-state index in [9.17, 15) is 9.59 Å². The van der Waals surface area contributed by atoms with Crippen LogP contribution in [0.1, 0.15) is 41.0 Å². The Hall–Kier alpha value is -0.860. The first-order valence-electron chi connectivity index (χ1n) is 5.31. The summed E-state index contributed by atoms with van der Waals surface area (Å²) in [5.41, 5.74) is -0.329. The highest BCUT2D eigenvalue weighted by Gasteiger charge is 2.28. The second kappa shape index (κ2) is 5.29. The molecule has 0 bridgehead atoms. The summed E-state index contributed by atoms with van der Waals surface area (Å²) in [6, 6.07) is 0. The molecule has 0 amide bonds. The SMILES string of the molecule is COC(=O)C(C)C(C)CC(=O)C(C)(C)C. The quantitative estimate of drug-likeness (QED) is 0.675. The molecular formula is C12H22O3. The topological polar surface area (TPSA) is 43.4 Å². The van der Waals surface area contributed by atoms with Crippen molar-refractivity contribution in [1.29, 1.82) is 0 Å². The van der Waals surface area contributed by atoms with Gasteiger partial charge in [0.05, 0.1) is 13.0 Å². The first-order chi connectivity index (χ1) is 6.70. The second-order valence-electron chi connectivity index (χ2n) is 5.17. The summed E-state index contributed by atoms with van der Waals surface area (Å²) in [6.07, 6.45) is 0.430. The summed E-state index contributed by atoms with van der Waals surface area (Å²) in [6.45, 7) is 9.39. The molecule has 0 N–H and O–H groups in total. The van der Waals surface area contributed by atoms with Gasteiger partial charge in [-0.1, -0.05) is 34.6 Å². The van der Waals surface area contributed by atoms with E-state index in [4.69, 9.17) is 0 Å². The van der Waals surface area contributed by atoms with Gasteiger partial charge in [-0.3, -0.25) is 9.59 Å². The number of rotatable bonds is 4. The van der Waals surface area contributed by atoms with Crippen molar-refractivity contribution >= 4 is 11.8 Å². The molecule has 0 aliphatic heterocycles. The van der Waals surface area contributed by atoms with Crippen LogP contribution >= 0.6 is 0 Å². The lowest BCUT2D eigenvalue weighted by Crippen LogP contribution is -2.27. The number of methoxy groups -OCH3 is 1. The number of ether oxygens (including phenoxy) is 1. The van der Waals surface area contributed by atoms with E-state index in [0.29, 0.717) is 6.42 Å². The van der Waals surface area contributed by atoms with Crippen LogP contribution < -0.4 is 0 Å². The van der Waals surface area contributed by atoms with Crippen LogP contribution in [0.25, 0.3) is 0 Å². The molecule has 0 aromatic rings. The number of hydrogen-bond donors (Lipinski definition) is 0. The molecule has 2 unspecified atom stereocenters. The van der Waals surface area contributed by atoms with Gasteiger partial charge in [0.15, 0.2) is 0 Å². The maximum Gasteiger partial charge on any atom is 0.308 e. The summed E-state index contributed by atoms with van der Waals surface area (Å²) in [5, 5.41) is 0. The second-order valence-corrected chi connectivity index (χ2v) is 5.17. The Morgan fingerprint density at radius 1 is 1.20 bits per heavy atom. The maximum absolute atomic E-state index is 11.7. The first-order valence-corrected chi connectivity index (χ1v) is 5.31. The maximum atomic E-state index is 11.7. The Morgan fingerprint density at radius 2 is 1.67 bits per heavy atom.